The molecule has 21 heavy (non-hydrogen) atoms. The molecule has 1 unspecified atom stereocenters. The lowest BCUT2D eigenvalue weighted by molar-refractivity contribution is -0.143. The minimum Gasteiger partial charge on any atom is -0.329 e. The van der Waals surface area contributed by atoms with E-state index in [1.165, 1.54) is 5.56 Å². The Kier molecular flexibility index (Phi) is 4.35. The number of carbonyl (C=O) groups is 2. The largest absolute Gasteiger partial charge is 0.329 e. The molecule has 1 saturated heterocycles. The van der Waals surface area contributed by atoms with Gasteiger partial charge in [-0.25, -0.2) is 0 Å². The van der Waals surface area contributed by atoms with Crippen molar-refractivity contribution in [3.63, 3.8) is 0 Å². The maximum Gasteiger partial charge on any atom is 0.249 e. The van der Waals surface area contributed by atoms with Gasteiger partial charge >= 0.3 is 0 Å². The van der Waals surface area contributed by atoms with E-state index in [4.69, 9.17) is 0 Å². The van der Waals surface area contributed by atoms with Crippen LogP contribution in [0.4, 0.5) is 5.69 Å². The van der Waals surface area contributed by atoms with Gasteiger partial charge in [0.1, 0.15) is 6.04 Å². The van der Waals surface area contributed by atoms with Crippen molar-refractivity contribution >= 4 is 17.5 Å². The van der Waals surface area contributed by atoms with Crippen LogP contribution in [-0.4, -0.2) is 35.8 Å². The molecule has 0 aliphatic carbocycles. The van der Waals surface area contributed by atoms with Gasteiger partial charge in [0.15, 0.2) is 0 Å². The molecule has 1 aliphatic heterocycles. The minimum atomic E-state index is -0.394. The topological polar surface area (TPSA) is 40.6 Å². The van der Waals surface area contributed by atoms with Gasteiger partial charge in [0.25, 0.3) is 0 Å². The number of amides is 2. The second kappa shape index (κ2) is 5.88. The molecule has 1 aromatic rings. The first-order chi connectivity index (χ1) is 9.82. The van der Waals surface area contributed by atoms with Gasteiger partial charge in [-0.3, -0.25) is 9.59 Å². The molecule has 4 nitrogen and oxygen atoms in total. The lowest BCUT2D eigenvalue weighted by Gasteiger charge is -2.40. The summed E-state index contributed by atoms with van der Waals surface area (Å²) >= 11 is 0. The van der Waals surface area contributed by atoms with Crippen LogP contribution < -0.4 is 4.90 Å². The number of benzene rings is 1. The Labute approximate surface area is 126 Å². The molecule has 0 bridgehead atoms. The molecule has 114 valence electrons. The van der Waals surface area contributed by atoms with Crippen LogP contribution >= 0.6 is 0 Å². The molecule has 1 fully saturated rings. The van der Waals surface area contributed by atoms with E-state index in [2.05, 4.69) is 6.07 Å². The van der Waals surface area contributed by atoms with E-state index in [0.29, 0.717) is 13.1 Å². The summed E-state index contributed by atoms with van der Waals surface area (Å²) in [4.78, 5) is 28.3. The predicted octanol–water partition coefficient (Wildman–Crippen LogP) is 2.52. The second-order valence-corrected chi connectivity index (χ2v) is 6.14. The number of nitrogens with zero attached hydrogens (tertiary/aromatic N) is 2. The number of carbonyl (C=O) groups excluding carboxylic acids is 2. The average molecular weight is 288 g/mol. The number of rotatable bonds is 2. The first-order valence-electron chi connectivity index (χ1n) is 7.52. The van der Waals surface area contributed by atoms with Crippen molar-refractivity contribution in [2.75, 3.05) is 18.0 Å². The van der Waals surface area contributed by atoms with Gasteiger partial charge in [-0.05, 0) is 32.4 Å². The van der Waals surface area contributed by atoms with E-state index in [0.717, 1.165) is 11.3 Å². The molecule has 1 aliphatic rings. The second-order valence-electron chi connectivity index (χ2n) is 6.14. The van der Waals surface area contributed by atoms with Crippen molar-refractivity contribution < 1.29 is 9.59 Å². The fourth-order valence-electron chi connectivity index (χ4n) is 2.85. The Morgan fingerprint density at radius 3 is 2.48 bits per heavy atom. The Morgan fingerprint density at radius 1 is 1.24 bits per heavy atom. The molecule has 1 heterocycles. The van der Waals surface area contributed by atoms with E-state index in [1.807, 2.05) is 51.7 Å². The Balaban J connectivity index is 2.23. The summed E-state index contributed by atoms with van der Waals surface area (Å²) in [7, 11) is 0. The van der Waals surface area contributed by atoms with Crippen LogP contribution in [0.3, 0.4) is 0 Å². The number of hydrogen-bond donors (Lipinski definition) is 0. The molecule has 1 aromatic carbocycles. The van der Waals surface area contributed by atoms with Crippen LogP contribution in [0.5, 0.6) is 0 Å². The van der Waals surface area contributed by atoms with E-state index >= 15 is 0 Å². The van der Waals surface area contributed by atoms with E-state index in [9.17, 15) is 9.59 Å². The molecular weight excluding hydrogens is 264 g/mol. The van der Waals surface area contributed by atoms with Crippen molar-refractivity contribution in [2.24, 2.45) is 5.92 Å². The molecule has 0 spiro atoms. The fraction of sp³-hybridized carbons (Fsp3) is 0.529. The molecule has 2 rings (SSSR count). The lowest BCUT2D eigenvalue weighted by Crippen LogP contribution is -2.58. The fourth-order valence-corrected chi connectivity index (χ4v) is 2.85. The normalized spacial score (nSPS) is 19.3. The summed E-state index contributed by atoms with van der Waals surface area (Å²) < 4.78 is 0. The molecule has 1 atom stereocenters. The first kappa shape index (κ1) is 15.5. The van der Waals surface area contributed by atoms with Crippen LogP contribution in [0, 0.1) is 19.8 Å². The van der Waals surface area contributed by atoms with Crippen LogP contribution in [0.15, 0.2) is 18.2 Å². The van der Waals surface area contributed by atoms with Gasteiger partial charge in [0, 0.05) is 24.7 Å². The highest BCUT2D eigenvalue weighted by atomic mass is 16.2. The summed E-state index contributed by atoms with van der Waals surface area (Å²) in [6.45, 7) is 10.8. The van der Waals surface area contributed by atoms with E-state index < -0.39 is 6.04 Å². The number of anilines is 1. The maximum absolute atomic E-state index is 12.6. The van der Waals surface area contributed by atoms with Crippen LogP contribution in [0.1, 0.15) is 31.9 Å². The van der Waals surface area contributed by atoms with Gasteiger partial charge in [-0.15, -0.1) is 0 Å². The highest BCUT2D eigenvalue weighted by Gasteiger charge is 2.35. The third kappa shape index (κ3) is 2.94. The Hall–Kier alpha value is -1.84. The number of hydrogen-bond acceptors (Lipinski definition) is 2. The molecule has 0 aromatic heterocycles. The lowest BCUT2D eigenvalue weighted by atomic mass is 10.1. The summed E-state index contributed by atoms with van der Waals surface area (Å²) in [6, 6.07) is 5.70. The summed E-state index contributed by atoms with van der Waals surface area (Å²) in [6.07, 6.45) is 0. The zero-order valence-corrected chi connectivity index (χ0v) is 13.5. The Bertz CT molecular complexity index is 566. The highest BCUT2D eigenvalue weighted by Crippen LogP contribution is 2.25. The standard InChI is InChI=1S/C17H24N2O2/c1-11(2)16(20)18-8-9-19(17(21)14(18)5)15-7-6-12(3)10-13(15)4/h6-7,10-11,14H,8-9H2,1-5H3. The van der Waals surface area contributed by atoms with E-state index in [1.54, 1.807) is 4.90 Å². The monoisotopic (exact) mass is 288 g/mol. The smallest absolute Gasteiger partial charge is 0.249 e. The third-order valence-electron chi connectivity index (χ3n) is 4.08. The zero-order valence-electron chi connectivity index (χ0n) is 13.5. The van der Waals surface area contributed by atoms with Gasteiger partial charge in [0.2, 0.25) is 11.8 Å². The summed E-state index contributed by atoms with van der Waals surface area (Å²) in [5, 5.41) is 0. The van der Waals surface area contributed by atoms with Gasteiger partial charge in [0.05, 0.1) is 0 Å². The van der Waals surface area contributed by atoms with Crippen LogP contribution in [-0.2, 0) is 9.59 Å². The van der Waals surface area contributed by atoms with Gasteiger partial charge in [-0.2, -0.15) is 0 Å². The maximum atomic E-state index is 12.6. The van der Waals surface area contributed by atoms with Crippen molar-refractivity contribution in [3.05, 3.63) is 29.3 Å². The molecule has 0 radical (unpaired) electrons. The van der Waals surface area contributed by atoms with Crippen molar-refractivity contribution in [1.82, 2.24) is 4.90 Å². The van der Waals surface area contributed by atoms with Crippen molar-refractivity contribution in [2.45, 2.75) is 40.7 Å². The molecule has 0 N–H and O–H groups in total. The van der Waals surface area contributed by atoms with E-state index in [-0.39, 0.29) is 17.7 Å². The zero-order chi connectivity index (χ0) is 15.7. The Morgan fingerprint density at radius 2 is 1.90 bits per heavy atom. The third-order valence-corrected chi connectivity index (χ3v) is 4.08. The van der Waals surface area contributed by atoms with Crippen LogP contribution in [0.25, 0.3) is 0 Å². The quantitative estimate of drug-likeness (QED) is 0.839. The summed E-state index contributed by atoms with van der Waals surface area (Å²) in [5.41, 5.74) is 3.23. The molecule has 2 amide bonds. The average Bonchev–Trinajstić information content (AvgIpc) is 2.42. The molecule has 4 heteroatoms. The molecule has 0 saturated carbocycles. The summed E-state index contributed by atoms with van der Waals surface area (Å²) in [5.74, 6) is -0.0220. The van der Waals surface area contributed by atoms with Gasteiger partial charge < -0.3 is 9.80 Å². The molecular formula is C17H24N2O2. The number of piperazine rings is 1. The predicted molar refractivity (Wildman–Crippen MR) is 84.3 cm³/mol. The minimum absolute atomic E-state index is 0.00204. The van der Waals surface area contributed by atoms with Crippen molar-refractivity contribution in [1.29, 1.82) is 0 Å². The SMILES string of the molecule is Cc1ccc(N2CCN(C(=O)C(C)C)C(C)C2=O)c(C)c1. The van der Waals surface area contributed by atoms with Crippen molar-refractivity contribution in [3.8, 4) is 0 Å². The number of aryl methyl sites for hydroxylation is 2. The highest BCUT2D eigenvalue weighted by molar-refractivity contribution is 6.00. The van der Waals surface area contributed by atoms with Crippen LogP contribution in [0.2, 0.25) is 0 Å². The first-order valence-corrected chi connectivity index (χ1v) is 7.52. The van der Waals surface area contributed by atoms with Gasteiger partial charge in [-0.1, -0.05) is 31.5 Å².